The van der Waals surface area contributed by atoms with Gasteiger partial charge >= 0.3 is 0 Å². The molecule has 0 aliphatic heterocycles. The summed E-state index contributed by atoms with van der Waals surface area (Å²) in [5, 5.41) is 1.28. The maximum atomic E-state index is 12.0. The summed E-state index contributed by atoms with van der Waals surface area (Å²) in [6.45, 7) is 0.422. The van der Waals surface area contributed by atoms with E-state index in [4.69, 9.17) is 27.9 Å². The Bertz CT molecular complexity index is 614. The van der Waals surface area contributed by atoms with Crippen molar-refractivity contribution >= 4 is 29.1 Å². The summed E-state index contributed by atoms with van der Waals surface area (Å²) < 4.78 is 5.43. The Morgan fingerprint density at radius 3 is 2.43 bits per heavy atom. The molecule has 0 saturated carbocycles. The van der Waals surface area contributed by atoms with Crippen molar-refractivity contribution in [3.63, 3.8) is 0 Å². The van der Waals surface area contributed by atoms with Crippen molar-refractivity contribution in [3.8, 4) is 5.75 Å². The van der Waals surface area contributed by atoms with Gasteiger partial charge in [-0.2, -0.15) is 0 Å². The second-order valence-electron chi connectivity index (χ2n) is 4.58. The van der Waals surface area contributed by atoms with E-state index < -0.39 is 0 Å². The standard InChI is InChI=1S/C16H15Cl2NO2/c1-19(10-12-4-2-3-5-15(12)18)16(20)11-21-14-8-6-13(17)7-9-14/h2-9H,10-11H2,1H3. The smallest absolute Gasteiger partial charge is 0.260 e. The van der Waals surface area contributed by atoms with Gasteiger partial charge in [0.25, 0.3) is 5.91 Å². The SMILES string of the molecule is CN(Cc1ccccc1Cl)C(=O)COc1ccc(Cl)cc1. The fraction of sp³-hybridized carbons (Fsp3) is 0.188. The third-order valence-electron chi connectivity index (χ3n) is 2.97. The van der Waals surface area contributed by atoms with E-state index in [0.29, 0.717) is 22.3 Å². The number of hydrogen-bond acceptors (Lipinski definition) is 2. The molecule has 110 valence electrons. The summed E-state index contributed by atoms with van der Waals surface area (Å²) in [7, 11) is 1.72. The molecule has 2 aromatic carbocycles. The van der Waals surface area contributed by atoms with E-state index >= 15 is 0 Å². The number of carbonyl (C=O) groups excluding carboxylic acids is 1. The molecule has 0 fully saturated rings. The number of amides is 1. The highest BCUT2D eigenvalue weighted by atomic mass is 35.5. The fourth-order valence-corrected chi connectivity index (χ4v) is 2.08. The Morgan fingerprint density at radius 1 is 1.10 bits per heavy atom. The molecule has 0 atom stereocenters. The van der Waals surface area contributed by atoms with E-state index in [1.807, 2.05) is 18.2 Å². The Kier molecular flexibility index (Phi) is 5.48. The zero-order valence-corrected chi connectivity index (χ0v) is 13.1. The van der Waals surface area contributed by atoms with E-state index in [-0.39, 0.29) is 12.5 Å². The summed E-state index contributed by atoms with van der Waals surface area (Å²) in [5.74, 6) is 0.490. The summed E-state index contributed by atoms with van der Waals surface area (Å²) in [6, 6.07) is 14.3. The van der Waals surface area contributed by atoms with Gasteiger partial charge in [-0.15, -0.1) is 0 Å². The van der Waals surface area contributed by atoms with Crippen LogP contribution in [-0.2, 0) is 11.3 Å². The van der Waals surface area contributed by atoms with Gasteiger partial charge in [0, 0.05) is 23.6 Å². The number of carbonyl (C=O) groups is 1. The van der Waals surface area contributed by atoms with Crippen LogP contribution in [0.4, 0.5) is 0 Å². The van der Waals surface area contributed by atoms with Gasteiger partial charge in [-0.25, -0.2) is 0 Å². The fourth-order valence-electron chi connectivity index (χ4n) is 1.76. The van der Waals surface area contributed by atoms with Crippen LogP contribution in [0.5, 0.6) is 5.75 Å². The van der Waals surface area contributed by atoms with Crippen LogP contribution in [0.3, 0.4) is 0 Å². The molecule has 2 aromatic rings. The van der Waals surface area contributed by atoms with Gasteiger partial charge < -0.3 is 9.64 Å². The number of hydrogen-bond donors (Lipinski definition) is 0. The zero-order chi connectivity index (χ0) is 15.2. The van der Waals surface area contributed by atoms with Crippen LogP contribution in [0.15, 0.2) is 48.5 Å². The highest BCUT2D eigenvalue weighted by Crippen LogP contribution is 2.17. The Hall–Kier alpha value is -1.71. The van der Waals surface area contributed by atoms with E-state index in [1.165, 1.54) is 0 Å². The maximum absolute atomic E-state index is 12.0. The molecular formula is C16H15Cl2NO2. The average Bonchev–Trinajstić information content (AvgIpc) is 2.48. The van der Waals surface area contributed by atoms with Crippen molar-refractivity contribution in [2.75, 3.05) is 13.7 Å². The minimum absolute atomic E-state index is 0.0252. The van der Waals surface area contributed by atoms with Gasteiger partial charge in [0.2, 0.25) is 0 Å². The van der Waals surface area contributed by atoms with E-state index in [1.54, 1.807) is 42.3 Å². The molecule has 0 aliphatic rings. The lowest BCUT2D eigenvalue weighted by Crippen LogP contribution is -2.31. The van der Waals surface area contributed by atoms with Crippen LogP contribution in [0.2, 0.25) is 10.0 Å². The van der Waals surface area contributed by atoms with Crippen LogP contribution >= 0.6 is 23.2 Å². The molecule has 2 rings (SSSR count). The van der Waals surface area contributed by atoms with Crippen LogP contribution in [0.25, 0.3) is 0 Å². The molecule has 0 N–H and O–H groups in total. The van der Waals surface area contributed by atoms with Gasteiger partial charge in [0.05, 0.1) is 0 Å². The molecule has 0 heterocycles. The van der Waals surface area contributed by atoms with Gasteiger partial charge in [-0.3, -0.25) is 4.79 Å². The predicted molar refractivity (Wildman–Crippen MR) is 84.9 cm³/mol. The first-order valence-corrected chi connectivity index (χ1v) is 7.17. The lowest BCUT2D eigenvalue weighted by atomic mass is 10.2. The summed E-state index contributed by atoms with van der Waals surface area (Å²) >= 11 is 11.9. The Labute approximate surface area is 134 Å². The number of benzene rings is 2. The second-order valence-corrected chi connectivity index (χ2v) is 5.43. The lowest BCUT2D eigenvalue weighted by molar-refractivity contribution is -0.132. The van der Waals surface area contributed by atoms with Crippen molar-refractivity contribution in [3.05, 3.63) is 64.1 Å². The van der Waals surface area contributed by atoms with Gasteiger partial charge in [0.15, 0.2) is 6.61 Å². The first kappa shape index (κ1) is 15.7. The van der Waals surface area contributed by atoms with E-state index in [0.717, 1.165) is 5.56 Å². The highest BCUT2D eigenvalue weighted by molar-refractivity contribution is 6.31. The number of likely N-dealkylation sites (N-methyl/N-ethyl adjacent to an activating group) is 1. The summed E-state index contributed by atoms with van der Waals surface area (Å²) in [4.78, 5) is 13.6. The molecule has 0 radical (unpaired) electrons. The number of rotatable bonds is 5. The minimum Gasteiger partial charge on any atom is -0.484 e. The molecule has 3 nitrogen and oxygen atoms in total. The van der Waals surface area contributed by atoms with Crippen LogP contribution in [-0.4, -0.2) is 24.5 Å². The molecule has 0 spiro atoms. The predicted octanol–water partition coefficient (Wildman–Crippen LogP) is 4.03. The quantitative estimate of drug-likeness (QED) is 0.831. The van der Waals surface area contributed by atoms with Crippen LogP contribution in [0, 0.1) is 0 Å². The van der Waals surface area contributed by atoms with Crippen molar-refractivity contribution in [1.82, 2.24) is 4.90 Å². The molecular weight excluding hydrogens is 309 g/mol. The zero-order valence-electron chi connectivity index (χ0n) is 11.6. The van der Waals surface area contributed by atoms with Crippen molar-refractivity contribution in [2.45, 2.75) is 6.54 Å². The molecule has 0 aliphatic carbocycles. The molecule has 21 heavy (non-hydrogen) atoms. The van der Waals surface area contributed by atoms with Crippen LogP contribution < -0.4 is 4.74 Å². The number of nitrogens with zero attached hydrogens (tertiary/aromatic N) is 1. The van der Waals surface area contributed by atoms with Crippen LogP contribution in [0.1, 0.15) is 5.56 Å². The van der Waals surface area contributed by atoms with Crippen molar-refractivity contribution in [1.29, 1.82) is 0 Å². The lowest BCUT2D eigenvalue weighted by Gasteiger charge is -2.18. The Morgan fingerprint density at radius 2 is 1.76 bits per heavy atom. The summed E-state index contributed by atoms with van der Waals surface area (Å²) in [5.41, 5.74) is 0.904. The topological polar surface area (TPSA) is 29.5 Å². The Balaban J connectivity index is 1.88. The molecule has 0 saturated heterocycles. The molecule has 5 heteroatoms. The van der Waals surface area contributed by atoms with E-state index in [2.05, 4.69) is 0 Å². The summed E-state index contributed by atoms with van der Waals surface area (Å²) in [6.07, 6.45) is 0. The molecule has 0 aromatic heterocycles. The monoisotopic (exact) mass is 323 g/mol. The number of halogens is 2. The largest absolute Gasteiger partial charge is 0.484 e. The molecule has 0 unspecified atom stereocenters. The third kappa shape index (κ3) is 4.66. The van der Waals surface area contributed by atoms with Crippen molar-refractivity contribution < 1.29 is 9.53 Å². The second kappa shape index (κ2) is 7.34. The minimum atomic E-state index is -0.120. The van der Waals surface area contributed by atoms with E-state index in [9.17, 15) is 4.79 Å². The molecule has 0 bridgehead atoms. The van der Waals surface area contributed by atoms with Crippen molar-refractivity contribution in [2.24, 2.45) is 0 Å². The number of ether oxygens (including phenoxy) is 1. The maximum Gasteiger partial charge on any atom is 0.260 e. The van der Waals surface area contributed by atoms with Gasteiger partial charge in [0.1, 0.15) is 5.75 Å². The van der Waals surface area contributed by atoms with Gasteiger partial charge in [-0.1, -0.05) is 41.4 Å². The highest BCUT2D eigenvalue weighted by Gasteiger charge is 2.11. The first-order valence-electron chi connectivity index (χ1n) is 6.42. The molecule has 1 amide bonds. The first-order chi connectivity index (χ1) is 10.1. The normalized spacial score (nSPS) is 10.2. The average molecular weight is 324 g/mol. The third-order valence-corrected chi connectivity index (χ3v) is 3.59. The van der Waals surface area contributed by atoms with Gasteiger partial charge in [-0.05, 0) is 35.9 Å².